The second-order valence-electron chi connectivity index (χ2n) is 5.45. The zero-order chi connectivity index (χ0) is 13.8. The second-order valence-corrected chi connectivity index (χ2v) is 5.45. The Morgan fingerprint density at radius 2 is 2.38 bits per heavy atom. The third-order valence-electron chi connectivity index (χ3n) is 4.11. The fourth-order valence-corrected chi connectivity index (χ4v) is 3.01. The molecule has 1 aromatic rings. The molecule has 2 atom stereocenters. The summed E-state index contributed by atoms with van der Waals surface area (Å²) in [6, 6.07) is 4.06. The van der Waals surface area contributed by atoms with Crippen molar-refractivity contribution >= 4 is 18.3 Å². The summed E-state index contributed by atoms with van der Waals surface area (Å²) in [6.07, 6.45) is 5.55. The quantitative estimate of drug-likeness (QED) is 0.897. The van der Waals surface area contributed by atoms with Gasteiger partial charge in [0, 0.05) is 38.6 Å². The molecule has 2 aliphatic rings. The van der Waals surface area contributed by atoms with E-state index in [4.69, 9.17) is 4.74 Å². The first-order valence-corrected chi connectivity index (χ1v) is 7.35. The van der Waals surface area contributed by atoms with E-state index in [0.29, 0.717) is 6.61 Å². The van der Waals surface area contributed by atoms with Gasteiger partial charge in [-0.2, -0.15) is 0 Å². The molecule has 0 bridgehead atoms. The van der Waals surface area contributed by atoms with Gasteiger partial charge in [-0.3, -0.25) is 9.78 Å². The predicted molar refractivity (Wildman–Crippen MR) is 82.4 cm³/mol. The molecule has 0 radical (unpaired) electrons. The summed E-state index contributed by atoms with van der Waals surface area (Å²) in [6.45, 7) is 3.77. The third-order valence-corrected chi connectivity index (χ3v) is 4.11. The highest BCUT2D eigenvalue weighted by Crippen LogP contribution is 2.25. The zero-order valence-electron chi connectivity index (χ0n) is 12.0. The summed E-state index contributed by atoms with van der Waals surface area (Å²) in [5, 5.41) is 3.37. The summed E-state index contributed by atoms with van der Waals surface area (Å²) in [5.41, 5.74) is 1.10. The highest BCUT2D eigenvalue weighted by Gasteiger charge is 2.33. The Hall–Kier alpha value is -1.17. The molecule has 0 saturated carbocycles. The lowest BCUT2D eigenvalue weighted by Crippen LogP contribution is -2.51. The number of nitrogens with one attached hydrogen (secondary N) is 1. The number of piperazine rings is 1. The van der Waals surface area contributed by atoms with E-state index in [1.54, 1.807) is 6.20 Å². The molecule has 2 saturated heterocycles. The summed E-state index contributed by atoms with van der Waals surface area (Å²) in [4.78, 5) is 18.9. The van der Waals surface area contributed by atoms with Crippen LogP contribution in [0.5, 0.6) is 0 Å². The summed E-state index contributed by atoms with van der Waals surface area (Å²) >= 11 is 0. The van der Waals surface area contributed by atoms with Crippen molar-refractivity contribution < 1.29 is 9.53 Å². The Morgan fingerprint density at radius 3 is 3.10 bits per heavy atom. The Bertz CT molecular complexity index is 451. The van der Waals surface area contributed by atoms with Crippen molar-refractivity contribution in [2.24, 2.45) is 5.92 Å². The fourth-order valence-electron chi connectivity index (χ4n) is 3.01. The average molecular weight is 312 g/mol. The number of nitrogens with zero attached hydrogens (tertiary/aromatic N) is 2. The average Bonchev–Trinajstić information content (AvgIpc) is 2.56. The lowest BCUT2D eigenvalue weighted by Gasteiger charge is -2.39. The third kappa shape index (κ3) is 3.73. The van der Waals surface area contributed by atoms with Crippen LogP contribution in [0, 0.1) is 5.92 Å². The molecule has 2 fully saturated rings. The molecule has 3 rings (SSSR count). The van der Waals surface area contributed by atoms with E-state index in [1.165, 1.54) is 0 Å². The van der Waals surface area contributed by atoms with Crippen LogP contribution in [-0.2, 0) is 9.53 Å². The number of carbonyl (C=O) groups is 1. The molecule has 2 aliphatic heterocycles. The molecular weight excluding hydrogens is 290 g/mol. The highest BCUT2D eigenvalue weighted by atomic mass is 35.5. The summed E-state index contributed by atoms with van der Waals surface area (Å²) < 4.78 is 5.46. The number of amides is 1. The SMILES string of the molecule is Cl.O=C(C1CCCOC1)N1CCNCC1c1cccnc1. The number of hydrogen-bond acceptors (Lipinski definition) is 4. The first kappa shape index (κ1) is 16.2. The minimum absolute atomic E-state index is 0. The van der Waals surface area contributed by atoms with Crippen LogP contribution in [0.3, 0.4) is 0 Å². The normalized spacial score (nSPS) is 26.0. The van der Waals surface area contributed by atoms with Crippen molar-refractivity contribution in [3.05, 3.63) is 30.1 Å². The number of aromatic nitrogens is 1. The van der Waals surface area contributed by atoms with E-state index >= 15 is 0 Å². The zero-order valence-corrected chi connectivity index (χ0v) is 12.8. The van der Waals surface area contributed by atoms with Gasteiger partial charge in [-0.25, -0.2) is 0 Å². The molecule has 0 spiro atoms. The molecule has 5 nitrogen and oxygen atoms in total. The van der Waals surface area contributed by atoms with Crippen LogP contribution in [-0.4, -0.2) is 48.6 Å². The van der Waals surface area contributed by atoms with Crippen LogP contribution in [0.2, 0.25) is 0 Å². The van der Waals surface area contributed by atoms with Gasteiger partial charge in [-0.1, -0.05) is 6.07 Å². The molecule has 1 amide bonds. The lowest BCUT2D eigenvalue weighted by atomic mass is 9.97. The van der Waals surface area contributed by atoms with Crippen molar-refractivity contribution in [1.82, 2.24) is 15.2 Å². The van der Waals surface area contributed by atoms with Gasteiger partial charge in [0.25, 0.3) is 0 Å². The molecule has 1 aromatic heterocycles. The van der Waals surface area contributed by atoms with Crippen LogP contribution in [0.25, 0.3) is 0 Å². The standard InChI is InChI=1S/C15H21N3O2.ClH/c19-15(13-4-2-8-20-11-13)18-7-6-17-10-14(18)12-3-1-5-16-9-12;/h1,3,5,9,13-14,17H,2,4,6-8,10-11H2;1H. The highest BCUT2D eigenvalue weighted by molar-refractivity contribution is 5.85. The van der Waals surface area contributed by atoms with E-state index in [-0.39, 0.29) is 30.3 Å². The summed E-state index contributed by atoms with van der Waals surface area (Å²) in [5.74, 6) is 0.265. The van der Waals surface area contributed by atoms with Gasteiger partial charge in [0.05, 0.1) is 18.6 Å². The first-order chi connectivity index (χ1) is 9.86. The number of rotatable bonds is 2. The van der Waals surface area contributed by atoms with E-state index < -0.39 is 0 Å². The number of hydrogen-bond donors (Lipinski definition) is 1. The number of carbonyl (C=O) groups excluding carboxylic acids is 1. The predicted octanol–water partition coefficient (Wildman–Crippen LogP) is 1.40. The van der Waals surface area contributed by atoms with Gasteiger partial charge in [0.15, 0.2) is 0 Å². The van der Waals surface area contributed by atoms with E-state index in [9.17, 15) is 4.79 Å². The Labute approximate surface area is 131 Å². The van der Waals surface area contributed by atoms with Crippen LogP contribution < -0.4 is 5.32 Å². The molecule has 2 unspecified atom stereocenters. The smallest absolute Gasteiger partial charge is 0.228 e. The van der Waals surface area contributed by atoms with Crippen molar-refractivity contribution in [2.45, 2.75) is 18.9 Å². The Kier molecular flexibility index (Phi) is 5.96. The maximum Gasteiger partial charge on any atom is 0.228 e. The molecule has 21 heavy (non-hydrogen) atoms. The number of pyridine rings is 1. The Morgan fingerprint density at radius 1 is 1.48 bits per heavy atom. The molecule has 0 aliphatic carbocycles. The monoisotopic (exact) mass is 311 g/mol. The molecule has 6 heteroatoms. The maximum absolute atomic E-state index is 12.7. The molecule has 0 aromatic carbocycles. The van der Waals surface area contributed by atoms with Gasteiger partial charge in [0.1, 0.15) is 0 Å². The lowest BCUT2D eigenvalue weighted by molar-refractivity contribution is -0.143. The van der Waals surface area contributed by atoms with Gasteiger partial charge in [-0.15, -0.1) is 12.4 Å². The minimum atomic E-state index is 0. The van der Waals surface area contributed by atoms with Gasteiger partial charge in [0.2, 0.25) is 5.91 Å². The minimum Gasteiger partial charge on any atom is -0.381 e. The van der Waals surface area contributed by atoms with E-state index in [2.05, 4.69) is 10.3 Å². The Balaban J connectivity index is 0.00000161. The molecule has 3 heterocycles. The summed E-state index contributed by atoms with van der Waals surface area (Å²) in [7, 11) is 0. The van der Waals surface area contributed by atoms with Gasteiger partial charge in [-0.05, 0) is 24.5 Å². The molecule has 116 valence electrons. The van der Waals surface area contributed by atoms with Crippen LogP contribution >= 0.6 is 12.4 Å². The number of ether oxygens (including phenoxy) is 1. The first-order valence-electron chi connectivity index (χ1n) is 7.35. The van der Waals surface area contributed by atoms with Crippen LogP contribution in [0.4, 0.5) is 0 Å². The van der Waals surface area contributed by atoms with Crippen LogP contribution in [0.1, 0.15) is 24.4 Å². The molecule has 1 N–H and O–H groups in total. The fraction of sp³-hybridized carbons (Fsp3) is 0.600. The van der Waals surface area contributed by atoms with E-state index in [0.717, 1.165) is 44.6 Å². The largest absolute Gasteiger partial charge is 0.381 e. The van der Waals surface area contributed by atoms with Crippen molar-refractivity contribution in [3.63, 3.8) is 0 Å². The van der Waals surface area contributed by atoms with Crippen molar-refractivity contribution in [3.8, 4) is 0 Å². The topological polar surface area (TPSA) is 54.5 Å². The van der Waals surface area contributed by atoms with Gasteiger partial charge < -0.3 is 15.0 Å². The number of halogens is 1. The second kappa shape index (κ2) is 7.73. The van der Waals surface area contributed by atoms with Gasteiger partial charge >= 0.3 is 0 Å². The van der Waals surface area contributed by atoms with Crippen LogP contribution in [0.15, 0.2) is 24.5 Å². The van der Waals surface area contributed by atoms with Crippen molar-refractivity contribution in [1.29, 1.82) is 0 Å². The maximum atomic E-state index is 12.7. The van der Waals surface area contributed by atoms with E-state index in [1.807, 2.05) is 23.2 Å². The van der Waals surface area contributed by atoms with Crippen molar-refractivity contribution in [2.75, 3.05) is 32.8 Å². The molecular formula is C15H22ClN3O2.